The maximum absolute atomic E-state index is 12.3. The molecule has 1 N–H and O–H groups in total. The summed E-state index contributed by atoms with van der Waals surface area (Å²) in [4.78, 5) is 4.64. The number of halogens is 2. The van der Waals surface area contributed by atoms with Crippen LogP contribution < -0.4 is 10.1 Å². The Kier molecular flexibility index (Phi) is 3.90. The Morgan fingerprint density at radius 1 is 1.33 bits per heavy atom. The van der Waals surface area contributed by atoms with Gasteiger partial charge in [-0.15, -0.1) is 0 Å². The van der Waals surface area contributed by atoms with Gasteiger partial charge in [-0.2, -0.15) is 8.78 Å². The number of pyridine rings is 1. The predicted molar refractivity (Wildman–Crippen MR) is 79.1 cm³/mol. The minimum atomic E-state index is -2.81. The molecule has 1 aliphatic rings. The highest BCUT2D eigenvalue weighted by molar-refractivity contribution is 5.92. The third-order valence-electron chi connectivity index (χ3n) is 3.59. The molecular formula is C16H18F2N2O. The van der Waals surface area contributed by atoms with E-state index in [1.807, 2.05) is 6.07 Å². The maximum atomic E-state index is 12.3. The Morgan fingerprint density at radius 3 is 2.81 bits per heavy atom. The topological polar surface area (TPSA) is 34.2 Å². The van der Waals surface area contributed by atoms with Gasteiger partial charge in [0.1, 0.15) is 5.75 Å². The second-order valence-corrected chi connectivity index (χ2v) is 5.35. The van der Waals surface area contributed by atoms with E-state index in [0.29, 0.717) is 5.92 Å². The third kappa shape index (κ3) is 3.23. The smallest absolute Gasteiger partial charge is 0.387 e. The van der Waals surface area contributed by atoms with Crippen molar-refractivity contribution < 1.29 is 13.5 Å². The first-order valence-electron chi connectivity index (χ1n) is 7.30. The normalized spacial score (nSPS) is 14.7. The fraction of sp³-hybridized carbons (Fsp3) is 0.438. The van der Waals surface area contributed by atoms with Crippen LogP contribution in [-0.2, 0) is 0 Å². The van der Waals surface area contributed by atoms with Crippen LogP contribution in [0.15, 0.2) is 24.3 Å². The van der Waals surface area contributed by atoms with Crippen LogP contribution in [0, 0.1) is 0 Å². The molecule has 21 heavy (non-hydrogen) atoms. The number of ether oxygens (including phenoxy) is 1. The summed E-state index contributed by atoms with van der Waals surface area (Å²) in [6, 6.07) is 6.96. The summed E-state index contributed by atoms with van der Waals surface area (Å²) in [5.74, 6) is 0.714. The van der Waals surface area contributed by atoms with E-state index in [9.17, 15) is 8.78 Å². The standard InChI is InChI=1S/C16H18F2N2O/c1-2-7-19-15-9-14(10-3-4-10)20-13-6-5-11(8-12(13)15)21-16(17)18/h5-6,8-10,16H,2-4,7H2,1H3,(H,19,20). The van der Waals surface area contributed by atoms with Gasteiger partial charge >= 0.3 is 6.61 Å². The van der Waals surface area contributed by atoms with Gasteiger partial charge in [0.2, 0.25) is 0 Å². The molecule has 0 aliphatic heterocycles. The van der Waals surface area contributed by atoms with Crippen LogP contribution in [-0.4, -0.2) is 18.1 Å². The van der Waals surface area contributed by atoms with Crippen molar-refractivity contribution in [3.8, 4) is 5.75 Å². The van der Waals surface area contributed by atoms with Crippen molar-refractivity contribution in [1.29, 1.82) is 0 Å². The van der Waals surface area contributed by atoms with Crippen molar-refractivity contribution in [2.75, 3.05) is 11.9 Å². The quantitative estimate of drug-likeness (QED) is 0.849. The van der Waals surface area contributed by atoms with Crippen LogP contribution in [0.1, 0.15) is 37.8 Å². The second-order valence-electron chi connectivity index (χ2n) is 5.35. The van der Waals surface area contributed by atoms with Crippen molar-refractivity contribution in [3.63, 3.8) is 0 Å². The summed E-state index contributed by atoms with van der Waals surface area (Å²) in [5.41, 5.74) is 2.85. The number of fused-ring (bicyclic) bond motifs is 1. The SMILES string of the molecule is CCCNc1cc(C2CC2)nc2ccc(OC(F)F)cc12. The van der Waals surface area contributed by atoms with Crippen LogP contribution >= 0.6 is 0 Å². The van der Waals surface area contributed by atoms with Crippen molar-refractivity contribution >= 4 is 16.6 Å². The molecule has 1 saturated carbocycles. The van der Waals surface area contributed by atoms with Gasteiger partial charge in [-0.3, -0.25) is 4.98 Å². The zero-order valence-electron chi connectivity index (χ0n) is 11.9. The minimum absolute atomic E-state index is 0.165. The van der Waals surface area contributed by atoms with Crippen LogP contribution in [0.3, 0.4) is 0 Å². The van der Waals surface area contributed by atoms with Gasteiger partial charge in [0.05, 0.1) is 5.52 Å². The van der Waals surface area contributed by atoms with Crippen LogP contribution in [0.4, 0.5) is 14.5 Å². The summed E-state index contributed by atoms with van der Waals surface area (Å²) in [6.45, 7) is 0.111. The summed E-state index contributed by atoms with van der Waals surface area (Å²) in [5, 5.41) is 4.18. The predicted octanol–water partition coefficient (Wildman–Crippen LogP) is 4.54. The molecule has 1 fully saturated rings. The number of nitrogens with zero attached hydrogens (tertiary/aromatic N) is 1. The molecule has 0 bridgehead atoms. The highest BCUT2D eigenvalue weighted by atomic mass is 19.3. The molecule has 0 spiro atoms. The molecule has 0 unspecified atom stereocenters. The second kappa shape index (κ2) is 5.84. The number of hydrogen-bond donors (Lipinski definition) is 1. The minimum Gasteiger partial charge on any atom is -0.435 e. The van der Waals surface area contributed by atoms with Crippen LogP contribution in [0.5, 0.6) is 5.75 Å². The molecule has 0 amide bonds. The lowest BCUT2D eigenvalue weighted by molar-refractivity contribution is -0.0497. The number of aromatic nitrogens is 1. The molecule has 1 aromatic heterocycles. The van der Waals surface area contributed by atoms with Crippen molar-refractivity contribution in [1.82, 2.24) is 4.98 Å². The molecule has 5 heteroatoms. The lowest BCUT2D eigenvalue weighted by Crippen LogP contribution is -2.04. The highest BCUT2D eigenvalue weighted by Gasteiger charge is 2.26. The van der Waals surface area contributed by atoms with E-state index in [0.717, 1.165) is 35.2 Å². The monoisotopic (exact) mass is 292 g/mol. The first-order valence-corrected chi connectivity index (χ1v) is 7.30. The van der Waals surface area contributed by atoms with Crippen LogP contribution in [0.2, 0.25) is 0 Å². The van der Waals surface area contributed by atoms with E-state index in [2.05, 4.69) is 22.0 Å². The maximum Gasteiger partial charge on any atom is 0.387 e. The van der Waals surface area contributed by atoms with E-state index in [4.69, 9.17) is 0 Å². The van der Waals surface area contributed by atoms with Gasteiger partial charge in [0.15, 0.2) is 0 Å². The number of nitrogens with one attached hydrogen (secondary N) is 1. The van der Waals surface area contributed by atoms with E-state index in [1.165, 1.54) is 12.8 Å². The summed E-state index contributed by atoms with van der Waals surface area (Å²) >= 11 is 0. The Morgan fingerprint density at radius 2 is 2.14 bits per heavy atom. The largest absolute Gasteiger partial charge is 0.435 e. The third-order valence-corrected chi connectivity index (χ3v) is 3.59. The summed E-state index contributed by atoms with van der Waals surface area (Å²) in [7, 11) is 0. The molecule has 1 heterocycles. The van der Waals surface area contributed by atoms with E-state index in [-0.39, 0.29) is 5.75 Å². The first kappa shape index (κ1) is 14.0. The van der Waals surface area contributed by atoms with Crippen molar-refractivity contribution in [2.45, 2.75) is 38.7 Å². The van der Waals surface area contributed by atoms with Crippen LogP contribution in [0.25, 0.3) is 10.9 Å². The van der Waals surface area contributed by atoms with Gasteiger partial charge < -0.3 is 10.1 Å². The van der Waals surface area contributed by atoms with Crippen molar-refractivity contribution in [3.05, 3.63) is 30.0 Å². The molecule has 112 valence electrons. The van der Waals surface area contributed by atoms with E-state index >= 15 is 0 Å². The van der Waals surface area contributed by atoms with Gasteiger partial charge in [0, 0.05) is 29.2 Å². The van der Waals surface area contributed by atoms with Crippen molar-refractivity contribution in [2.24, 2.45) is 0 Å². The van der Waals surface area contributed by atoms with Gasteiger partial charge in [-0.1, -0.05) is 6.92 Å². The Labute approximate surface area is 122 Å². The van der Waals surface area contributed by atoms with Gasteiger partial charge in [-0.05, 0) is 43.5 Å². The Balaban J connectivity index is 2.02. The average Bonchev–Trinajstić information content (AvgIpc) is 3.28. The molecular weight excluding hydrogens is 274 g/mol. The molecule has 2 aromatic rings. The number of alkyl halides is 2. The van der Waals surface area contributed by atoms with Gasteiger partial charge in [0.25, 0.3) is 0 Å². The van der Waals surface area contributed by atoms with E-state index < -0.39 is 6.61 Å². The number of anilines is 1. The zero-order valence-corrected chi connectivity index (χ0v) is 11.9. The fourth-order valence-corrected chi connectivity index (χ4v) is 2.40. The van der Waals surface area contributed by atoms with E-state index in [1.54, 1.807) is 18.2 Å². The molecule has 3 rings (SSSR count). The summed E-state index contributed by atoms with van der Waals surface area (Å²) in [6.07, 6.45) is 3.35. The summed E-state index contributed by atoms with van der Waals surface area (Å²) < 4.78 is 29.2. The highest BCUT2D eigenvalue weighted by Crippen LogP contribution is 2.41. The lowest BCUT2D eigenvalue weighted by atomic mass is 10.1. The Hall–Kier alpha value is -1.91. The average molecular weight is 292 g/mol. The lowest BCUT2D eigenvalue weighted by Gasteiger charge is -2.12. The molecule has 3 nitrogen and oxygen atoms in total. The molecule has 0 saturated heterocycles. The number of rotatable bonds is 6. The fourth-order valence-electron chi connectivity index (χ4n) is 2.40. The Bertz CT molecular complexity index is 641. The zero-order chi connectivity index (χ0) is 14.8. The molecule has 1 aliphatic carbocycles. The first-order chi connectivity index (χ1) is 10.2. The molecule has 0 radical (unpaired) electrons. The molecule has 1 aromatic carbocycles. The molecule has 0 atom stereocenters. The van der Waals surface area contributed by atoms with Gasteiger partial charge in [-0.25, -0.2) is 0 Å². The number of benzene rings is 1. The number of hydrogen-bond acceptors (Lipinski definition) is 3.